The second-order valence-corrected chi connectivity index (χ2v) is 8.19. The van der Waals surface area contributed by atoms with E-state index in [1.165, 1.54) is 17.0 Å². The number of hydrogen-bond donors (Lipinski definition) is 1. The second kappa shape index (κ2) is 10.4. The summed E-state index contributed by atoms with van der Waals surface area (Å²) in [6, 6.07) is 5.12. The molecule has 0 aliphatic carbocycles. The zero-order valence-corrected chi connectivity index (χ0v) is 21.1. The van der Waals surface area contributed by atoms with Gasteiger partial charge in [0.1, 0.15) is 13.1 Å². The summed E-state index contributed by atoms with van der Waals surface area (Å²) in [6.45, 7) is 3.73. The van der Waals surface area contributed by atoms with Gasteiger partial charge in [-0.15, -0.1) is 0 Å². The maximum Gasteiger partial charge on any atom is 0.405 e. The van der Waals surface area contributed by atoms with E-state index in [9.17, 15) is 22.8 Å². The second-order valence-electron chi connectivity index (χ2n) is 8.19. The third kappa shape index (κ3) is 4.99. The maximum absolute atomic E-state index is 13.4. The van der Waals surface area contributed by atoms with E-state index >= 15 is 0 Å². The Hall–Kier alpha value is -4.55. The highest BCUT2D eigenvalue weighted by Gasteiger charge is 2.28. The fourth-order valence-electron chi connectivity index (χ4n) is 4.08. The number of halogens is 3. The Balaban J connectivity index is 0.00000164. The Morgan fingerprint density at radius 1 is 1.03 bits per heavy atom. The Labute approximate surface area is 214 Å². The van der Waals surface area contributed by atoms with E-state index < -0.39 is 30.9 Å². The first-order chi connectivity index (χ1) is 18.1. The first-order valence-corrected chi connectivity index (χ1v) is 11.8. The Kier molecular flexibility index (Phi) is 7.28. The van der Waals surface area contributed by atoms with Crippen molar-refractivity contribution in [3.05, 3.63) is 65.2 Å². The molecule has 0 unspecified atom stereocenters. The molecule has 1 N–H and O–H groups in total. The van der Waals surface area contributed by atoms with E-state index in [0.717, 1.165) is 21.0 Å². The number of amides is 1. The van der Waals surface area contributed by atoms with Crippen molar-refractivity contribution in [2.45, 2.75) is 33.5 Å². The van der Waals surface area contributed by atoms with Crippen LogP contribution in [-0.4, -0.2) is 52.5 Å². The largest absolute Gasteiger partial charge is 0.405 e. The minimum atomic E-state index is -4.56. The predicted molar refractivity (Wildman–Crippen MR) is 136 cm³/mol. The minimum Gasteiger partial charge on any atom is -0.345 e. The molecule has 0 fully saturated rings. The summed E-state index contributed by atoms with van der Waals surface area (Å²) in [5, 5.41) is 6.85. The Morgan fingerprint density at radius 2 is 1.74 bits per heavy atom. The summed E-state index contributed by atoms with van der Waals surface area (Å²) in [5.41, 5.74) is 2.83. The molecule has 0 bridgehead atoms. The van der Waals surface area contributed by atoms with Gasteiger partial charge in [0.05, 0.1) is 47.0 Å². The number of para-hydroxylation sites is 1. The number of nitrogens with one attached hydrogen (secondary N) is 1. The molecule has 4 aromatic heterocycles. The number of alkyl halides is 3. The van der Waals surface area contributed by atoms with Gasteiger partial charge in [0.2, 0.25) is 5.91 Å². The lowest BCUT2D eigenvalue weighted by atomic mass is 10.2. The summed E-state index contributed by atoms with van der Waals surface area (Å²) in [7, 11) is 1.80. The Bertz CT molecular complexity index is 1670. The van der Waals surface area contributed by atoms with Crippen molar-refractivity contribution < 1.29 is 18.0 Å². The molecule has 10 nitrogen and oxygen atoms in total. The average molecular weight is 527 g/mol. The number of benzene rings is 1. The van der Waals surface area contributed by atoms with Crippen molar-refractivity contribution in [1.82, 2.24) is 39.2 Å². The van der Waals surface area contributed by atoms with Crippen LogP contribution in [-0.2, 0) is 18.4 Å². The highest BCUT2D eigenvalue weighted by molar-refractivity contribution is 5.91. The standard InChI is InChI=1S/C23H19F3N8O2.C2H6/c1-13-4-3-5-17-20(13)34(22(36)33(17)11-19(35)30-12-23(24,25)26)14-6-28-21(29-7-14)16-8-27-10-18-15(16)9-31-32(18)2;1-2/h3-10H,11-12H2,1-2H3,(H,30,35);1-2H3. The lowest BCUT2D eigenvalue weighted by Crippen LogP contribution is -2.37. The molecule has 0 atom stereocenters. The monoisotopic (exact) mass is 526 g/mol. The third-order valence-corrected chi connectivity index (χ3v) is 5.75. The lowest BCUT2D eigenvalue weighted by Gasteiger charge is -2.08. The number of aromatic nitrogens is 7. The Morgan fingerprint density at radius 3 is 2.42 bits per heavy atom. The van der Waals surface area contributed by atoms with E-state index in [0.29, 0.717) is 28.1 Å². The molecule has 0 radical (unpaired) electrons. The van der Waals surface area contributed by atoms with Gasteiger partial charge in [-0.1, -0.05) is 26.0 Å². The van der Waals surface area contributed by atoms with E-state index in [-0.39, 0.29) is 0 Å². The van der Waals surface area contributed by atoms with Crippen molar-refractivity contribution in [2.75, 3.05) is 6.54 Å². The van der Waals surface area contributed by atoms with Crippen molar-refractivity contribution in [3.8, 4) is 17.1 Å². The molecule has 1 amide bonds. The van der Waals surface area contributed by atoms with Gasteiger partial charge in [-0.25, -0.2) is 14.8 Å². The number of pyridine rings is 1. The third-order valence-electron chi connectivity index (χ3n) is 5.75. The molecule has 0 saturated heterocycles. The normalized spacial score (nSPS) is 11.4. The van der Waals surface area contributed by atoms with Gasteiger partial charge in [0.25, 0.3) is 0 Å². The topological polar surface area (TPSA) is 113 Å². The maximum atomic E-state index is 13.4. The van der Waals surface area contributed by atoms with Crippen LogP contribution in [0.1, 0.15) is 19.4 Å². The van der Waals surface area contributed by atoms with Crippen LogP contribution in [0, 0.1) is 6.92 Å². The number of hydrogen-bond acceptors (Lipinski definition) is 6. The summed E-state index contributed by atoms with van der Waals surface area (Å²) >= 11 is 0. The van der Waals surface area contributed by atoms with E-state index in [4.69, 9.17) is 0 Å². The van der Waals surface area contributed by atoms with Crippen molar-refractivity contribution in [3.63, 3.8) is 0 Å². The first-order valence-electron chi connectivity index (χ1n) is 11.8. The summed E-state index contributed by atoms with van der Waals surface area (Å²) in [5.74, 6) is -0.552. The number of nitrogens with zero attached hydrogens (tertiary/aromatic N) is 7. The molecule has 0 aliphatic rings. The zero-order chi connectivity index (χ0) is 27.6. The van der Waals surface area contributed by atoms with Crippen LogP contribution in [0.2, 0.25) is 0 Å². The van der Waals surface area contributed by atoms with E-state index in [1.807, 2.05) is 13.8 Å². The van der Waals surface area contributed by atoms with Crippen LogP contribution in [0.15, 0.2) is 54.0 Å². The number of carbonyl (C=O) groups excluding carboxylic acids is 1. The SMILES string of the molecule is CC.Cc1cccc2c1n(-c1cnc(-c3cncc4c3cnn4C)nc1)c(=O)n2CC(=O)NCC(F)(F)F. The lowest BCUT2D eigenvalue weighted by molar-refractivity contribution is -0.138. The van der Waals surface area contributed by atoms with Gasteiger partial charge < -0.3 is 5.32 Å². The molecule has 5 rings (SSSR count). The van der Waals surface area contributed by atoms with Crippen LogP contribution < -0.4 is 11.0 Å². The molecular weight excluding hydrogens is 501 g/mol. The zero-order valence-electron chi connectivity index (χ0n) is 21.1. The summed E-state index contributed by atoms with van der Waals surface area (Å²) in [4.78, 5) is 38.6. The van der Waals surface area contributed by atoms with Crippen LogP contribution in [0.4, 0.5) is 13.2 Å². The number of fused-ring (bicyclic) bond motifs is 2. The number of aryl methyl sites for hydroxylation is 2. The van der Waals surface area contributed by atoms with Gasteiger partial charge >= 0.3 is 11.9 Å². The molecule has 1 aromatic carbocycles. The van der Waals surface area contributed by atoms with Crippen LogP contribution in [0.3, 0.4) is 0 Å². The molecule has 0 spiro atoms. The minimum absolute atomic E-state index is 0.337. The number of rotatable bonds is 5. The summed E-state index contributed by atoms with van der Waals surface area (Å²) in [6.07, 6.45) is 3.38. The van der Waals surface area contributed by atoms with Gasteiger partial charge in [-0.3, -0.25) is 23.6 Å². The predicted octanol–water partition coefficient (Wildman–Crippen LogP) is 3.54. The van der Waals surface area contributed by atoms with Gasteiger partial charge in [-0.05, 0) is 18.6 Å². The molecule has 4 heterocycles. The van der Waals surface area contributed by atoms with Gasteiger partial charge in [-0.2, -0.15) is 18.3 Å². The molecule has 0 saturated carbocycles. The van der Waals surface area contributed by atoms with Gasteiger partial charge in [0.15, 0.2) is 5.82 Å². The molecule has 0 aliphatic heterocycles. The van der Waals surface area contributed by atoms with Crippen LogP contribution in [0.5, 0.6) is 0 Å². The van der Waals surface area contributed by atoms with Crippen molar-refractivity contribution in [2.24, 2.45) is 7.05 Å². The number of imidazole rings is 1. The summed E-state index contributed by atoms with van der Waals surface area (Å²) < 4.78 is 41.6. The van der Waals surface area contributed by atoms with E-state index in [1.54, 1.807) is 60.8 Å². The highest BCUT2D eigenvalue weighted by atomic mass is 19.4. The molecule has 198 valence electrons. The van der Waals surface area contributed by atoms with Crippen LogP contribution in [0.25, 0.3) is 39.0 Å². The molecule has 13 heteroatoms. The average Bonchev–Trinajstić information content (AvgIpc) is 3.42. The molecule has 38 heavy (non-hydrogen) atoms. The molecule has 5 aromatic rings. The highest BCUT2D eigenvalue weighted by Crippen LogP contribution is 2.26. The quantitative estimate of drug-likeness (QED) is 0.375. The van der Waals surface area contributed by atoms with Gasteiger partial charge in [0, 0.05) is 24.2 Å². The first kappa shape index (κ1) is 26.5. The van der Waals surface area contributed by atoms with E-state index in [2.05, 4.69) is 20.1 Å². The fraction of sp³-hybridized carbons (Fsp3) is 0.280. The smallest absolute Gasteiger partial charge is 0.345 e. The number of carbonyl (C=O) groups is 1. The van der Waals surface area contributed by atoms with Crippen LogP contribution >= 0.6 is 0 Å². The van der Waals surface area contributed by atoms with Crippen molar-refractivity contribution >= 4 is 27.8 Å². The molecular formula is C25H25F3N8O2. The fourth-order valence-corrected chi connectivity index (χ4v) is 4.08. The van der Waals surface area contributed by atoms with Crippen molar-refractivity contribution in [1.29, 1.82) is 0 Å².